The van der Waals surface area contributed by atoms with E-state index in [0.29, 0.717) is 12.2 Å². The van der Waals surface area contributed by atoms with Gasteiger partial charge in [-0.2, -0.15) is 5.26 Å². The van der Waals surface area contributed by atoms with Crippen LogP contribution in [-0.4, -0.2) is 11.5 Å². The molecule has 1 aromatic rings. The largest absolute Gasteiger partial charge is 0.330 e. The van der Waals surface area contributed by atoms with E-state index in [9.17, 15) is 0 Å². The summed E-state index contributed by atoms with van der Waals surface area (Å²) in [5.74, 6) is 0. The normalized spacial score (nSPS) is 8.33. The summed E-state index contributed by atoms with van der Waals surface area (Å²) in [6.45, 7) is 0.571. The molecule has 64 valence electrons. The van der Waals surface area contributed by atoms with Gasteiger partial charge < -0.3 is 5.73 Å². The molecule has 1 heterocycles. The van der Waals surface area contributed by atoms with Crippen molar-refractivity contribution >= 4 is 12.4 Å². The van der Waals surface area contributed by atoms with E-state index in [1.807, 2.05) is 18.2 Å². The number of halogens is 1. The molecule has 0 aliphatic rings. The van der Waals surface area contributed by atoms with Gasteiger partial charge in [0, 0.05) is 12.1 Å². The van der Waals surface area contributed by atoms with Crippen molar-refractivity contribution in [2.24, 2.45) is 5.73 Å². The molecule has 0 amide bonds. The molecule has 0 atom stereocenters. The molecule has 0 aromatic carbocycles. The third-order valence-corrected chi connectivity index (χ3v) is 1.32. The van der Waals surface area contributed by atoms with Crippen LogP contribution in [0.4, 0.5) is 0 Å². The molecule has 1 rings (SSSR count). The molecule has 0 aliphatic carbocycles. The molecule has 12 heavy (non-hydrogen) atoms. The molecule has 2 N–H and O–H groups in total. The smallest absolute Gasteiger partial charge is 0.140 e. The van der Waals surface area contributed by atoms with Crippen LogP contribution in [0, 0.1) is 11.3 Å². The first kappa shape index (κ1) is 10.9. The van der Waals surface area contributed by atoms with E-state index >= 15 is 0 Å². The molecule has 0 radical (unpaired) electrons. The van der Waals surface area contributed by atoms with E-state index in [4.69, 9.17) is 11.0 Å². The highest BCUT2D eigenvalue weighted by Gasteiger charge is 1.93. The van der Waals surface area contributed by atoms with Gasteiger partial charge in [0.25, 0.3) is 0 Å². The highest BCUT2D eigenvalue weighted by Crippen LogP contribution is 1.97. The van der Waals surface area contributed by atoms with Crippen molar-refractivity contribution in [2.45, 2.75) is 6.42 Å². The average Bonchev–Trinajstić information content (AvgIpc) is 2.06. The van der Waals surface area contributed by atoms with Gasteiger partial charge in [-0.1, -0.05) is 6.07 Å². The Morgan fingerprint density at radius 3 is 2.83 bits per heavy atom. The van der Waals surface area contributed by atoms with Gasteiger partial charge in [-0.15, -0.1) is 12.4 Å². The fraction of sp³-hybridized carbons (Fsp3) is 0.250. The molecular weight excluding hydrogens is 174 g/mol. The van der Waals surface area contributed by atoms with Gasteiger partial charge in [0.1, 0.15) is 11.8 Å². The van der Waals surface area contributed by atoms with Crippen LogP contribution in [-0.2, 0) is 6.42 Å². The molecule has 3 nitrogen and oxygen atoms in total. The molecule has 0 spiro atoms. The van der Waals surface area contributed by atoms with E-state index in [-0.39, 0.29) is 12.4 Å². The average molecular weight is 184 g/mol. The summed E-state index contributed by atoms with van der Waals surface area (Å²) in [7, 11) is 0. The van der Waals surface area contributed by atoms with Gasteiger partial charge in [-0.3, -0.25) is 0 Å². The van der Waals surface area contributed by atoms with Crippen LogP contribution in [0.2, 0.25) is 0 Å². The van der Waals surface area contributed by atoms with Gasteiger partial charge in [0.2, 0.25) is 0 Å². The van der Waals surface area contributed by atoms with Crippen LogP contribution < -0.4 is 5.73 Å². The minimum absolute atomic E-state index is 0. The molecule has 0 saturated heterocycles. The zero-order valence-corrected chi connectivity index (χ0v) is 7.34. The van der Waals surface area contributed by atoms with Crippen LogP contribution in [0.15, 0.2) is 18.2 Å². The second-order valence-corrected chi connectivity index (χ2v) is 2.16. The standard InChI is InChI=1S/C8H9N3.ClH/c9-5-4-7-2-1-3-8(6-10)11-7;/h1-3H,4-5,9H2;1H. The number of pyridine rings is 1. The Bertz CT molecular complexity index is 280. The second kappa shape index (κ2) is 5.53. The van der Waals surface area contributed by atoms with Crippen molar-refractivity contribution in [3.8, 4) is 6.07 Å². The predicted octanol–water partition coefficient (Wildman–Crippen LogP) is 0.876. The minimum atomic E-state index is 0. The number of hydrogen-bond donors (Lipinski definition) is 1. The lowest BCUT2D eigenvalue weighted by Crippen LogP contribution is -2.04. The Hall–Kier alpha value is -1.11. The number of hydrogen-bond acceptors (Lipinski definition) is 3. The molecular formula is C8H10ClN3. The first-order chi connectivity index (χ1) is 5.36. The van der Waals surface area contributed by atoms with Crippen LogP contribution in [0.3, 0.4) is 0 Å². The van der Waals surface area contributed by atoms with Crippen molar-refractivity contribution in [2.75, 3.05) is 6.54 Å². The number of nitrogens with zero attached hydrogens (tertiary/aromatic N) is 2. The van der Waals surface area contributed by atoms with E-state index in [2.05, 4.69) is 4.98 Å². The van der Waals surface area contributed by atoms with Crippen LogP contribution in [0.25, 0.3) is 0 Å². The molecule has 4 heteroatoms. The highest BCUT2D eigenvalue weighted by atomic mass is 35.5. The van der Waals surface area contributed by atoms with E-state index in [0.717, 1.165) is 12.1 Å². The summed E-state index contributed by atoms with van der Waals surface area (Å²) in [6.07, 6.45) is 0.732. The lowest BCUT2D eigenvalue weighted by molar-refractivity contribution is 0.919. The first-order valence-corrected chi connectivity index (χ1v) is 3.43. The van der Waals surface area contributed by atoms with Crippen LogP contribution >= 0.6 is 12.4 Å². The lowest BCUT2D eigenvalue weighted by atomic mass is 10.2. The summed E-state index contributed by atoms with van der Waals surface area (Å²) in [5.41, 5.74) is 6.66. The third kappa shape index (κ3) is 2.87. The minimum Gasteiger partial charge on any atom is -0.330 e. The maximum atomic E-state index is 8.49. The summed E-state index contributed by atoms with van der Waals surface area (Å²) >= 11 is 0. The van der Waals surface area contributed by atoms with E-state index < -0.39 is 0 Å². The Kier molecular flexibility index (Phi) is 5.02. The fourth-order valence-electron chi connectivity index (χ4n) is 0.829. The molecule has 0 bridgehead atoms. The SMILES string of the molecule is Cl.N#Cc1cccc(CCN)n1. The van der Waals surface area contributed by atoms with Gasteiger partial charge in [-0.05, 0) is 18.7 Å². The number of rotatable bonds is 2. The van der Waals surface area contributed by atoms with E-state index in [1.54, 1.807) is 6.07 Å². The summed E-state index contributed by atoms with van der Waals surface area (Å²) < 4.78 is 0. The molecule has 1 aromatic heterocycles. The third-order valence-electron chi connectivity index (χ3n) is 1.32. The van der Waals surface area contributed by atoms with Crippen molar-refractivity contribution < 1.29 is 0 Å². The summed E-state index contributed by atoms with van der Waals surface area (Å²) in [6, 6.07) is 7.34. The molecule has 0 aliphatic heterocycles. The lowest BCUT2D eigenvalue weighted by Gasteiger charge is -1.95. The Balaban J connectivity index is 0.00000121. The monoisotopic (exact) mass is 183 g/mol. The zero-order valence-electron chi connectivity index (χ0n) is 6.53. The second-order valence-electron chi connectivity index (χ2n) is 2.16. The Morgan fingerprint density at radius 2 is 2.25 bits per heavy atom. The summed E-state index contributed by atoms with van der Waals surface area (Å²) in [4.78, 5) is 4.04. The number of nitrogens with two attached hydrogens (primary N) is 1. The maximum absolute atomic E-state index is 8.49. The van der Waals surface area contributed by atoms with Crippen molar-refractivity contribution in [1.29, 1.82) is 5.26 Å². The topological polar surface area (TPSA) is 62.7 Å². The number of aromatic nitrogens is 1. The predicted molar refractivity (Wildman–Crippen MR) is 49.0 cm³/mol. The van der Waals surface area contributed by atoms with E-state index in [1.165, 1.54) is 0 Å². The Morgan fingerprint density at radius 1 is 1.50 bits per heavy atom. The van der Waals surface area contributed by atoms with Crippen molar-refractivity contribution in [1.82, 2.24) is 4.98 Å². The molecule has 0 unspecified atom stereocenters. The zero-order chi connectivity index (χ0) is 8.10. The number of nitriles is 1. The molecule has 0 fully saturated rings. The summed E-state index contributed by atoms with van der Waals surface area (Å²) in [5, 5.41) is 8.49. The van der Waals surface area contributed by atoms with Gasteiger partial charge >= 0.3 is 0 Å². The van der Waals surface area contributed by atoms with Gasteiger partial charge in [0.15, 0.2) is 0 Å². The Labute approximate surface area is 77.6 Å². The maximum Gasteiger partial charge on any atom is 0.140 e. The van der Waals surface area contributed by atoms with Crippen molar-refractivity contribution in [3.05, 3.63) is 29.6 Å². The van der Waals surface area contributed by atoms with Crippen molar-refractivity contribution in [3.63, 3.8) is 0 Å². The van der Waals surface area contributed by atoms with Gasteiger partial charge in [-0.25, -0.2) is 4.98 Å². The first-order valence-electron chi connectivity index (χ1n) is 3.43. The van der Waals surface area contributed by atoms with Crippen LogP contribution in [0.5, 0.6) is 0 Å². The quantitative estimate of drug-likeness (QED) is 0.741. The molecule has 0 saturated carbocycles. The van der Waals surface area contributed by atoms with Crippen LogP contribution in [0.1, 0.15) is 11.4 Å². The fourth-order valence-corrected chi connectivity index (χ4v) is 0.829. The highest BCUT2D eigenvalue weighted by molar-refractivity contribution is 5.85. The van der Waals surface area contributed by atoms with Gasteiger partial charge in [0.05, 0.1) is 0 Å².